The van der Waals surface area contributed by atoms with Crippen molar-refractivity contribution in [3.05, 3.63) is 53.8 Å². The van der Waals surface area contributed by atoms with Crippen molar-refractivity contribution < 1.29 is 18.7 Å². The van der Waals surface area contributed by atoms with Gasteiger partial charge in [-0.25, -0.2) is 4.39 Å². The van der Waals surface area contributed by atoms with Crippen LogP contribution in [-0.2, 0) is 11.2 Å². The topological polar surface area (TPSA) is 51.7 Å². The van der Waals surface area contributed by atoms with Gasteiger partial charge in [-0.2, -0.15) is 4.98 Å². The predicted octanol–water partition coefficient (Wildman–Crippen LogP) is 4.06. The molecule has 0 radical (unpaired) electrons. The smallest absolute Gasteiger partial charge is 0.274 e. The third-order valence-corrected chi connectivity index (χ3v) is 5.81. The molecule has 5 nitrogen and oxygen atoms in total. The molecule has 0 unspecified atom stereocenters. The van der Waals surface area contributed by atoms with Crippen LogP contribution in [0.4, 0.5) is 4.39 Å². The first kappa shape index (κ1) is 18.7. The van der Waals surface area contributed by atoms with Gasteiger partial charge in [0.2, 0.25) is 5.91 Å². The molecule has 1 aliphatic rings. The first-order chi connectivity index (χ1) is 13.6. The average Bonchev–Trinajstić information content (AvgIpc) is 3.12. The van der Waals surface area contributed by atoms with Crippen LogP contribution in [0.5, 0.6) is 10.9 Å². The van der Waals surface area contributed by atoms with E-state index in [4.69, 9.17) is 9.47 Å². The van der Waals surface area contributed by atoms with Gasteiger partial charge in [-0.15, -0.1) is 0 Å². The van der Waals surface area contributed by atoms with E-state index in [1.807, 2.05) is 35.2 Å². The number of ether oxygens (including phenoxy) is 2. The van der Waals surface area contributed by atoms with Gasteiger partial charge in [0.15, 0.2) is 0 Å². The Kier molecular flexibility index (Phi) is 5.43. The molecule has 1 saturated heterocycles. The number of hydrogen-bond donors (Lipinski definition) is 0. The van der Waals surface area contributed by atoms with Crippen molar-refractivity contribution in [1.29, 1.82) is 0 Å². The second kappa shape index (κ2) is 8.14. The molecular weight excluding hydrogens is 379 g/mol. The van der Waals surface area contributed by atoms with Crippen molar-refractivity contribution in [2.45, 2.75) is 25.4 Å². The maximum atomic E-state index is 13.8. The molecule has 28 heavy (non-hydrogen) atoms. The van der Waals surface area contributed by atoms with Crippen LogP contribution in [0.2, 0.25) is 0 Å². The second-order valence-electron chi connectivity index (χ2n) is 6.79. The van der Waals surface area contributed by atoms with Crippen LogP contribution in [0, 0.1) is 5.82 Å². The van der Waals surface area contributed by atoms with E-state index in [0.29, 0.717) is 30.2 Å². The maximum absolute atomic E-state index is 13.8. The molecule has 7 heteroatoms. The maximum Gasteiger partial charge on any atom is 0.274 e. The summed E-state index contributed by atoms with van der Waals surface area (Å²) < 4.78 is 25.7. The molecule has 1 aromatic heterocycles. The number of benzene rings is 2. The van der Waals surface area contributed by atoms with Crippen molar-refractivity contribution in [2.75, 3.05) is 20.2 Å². The highest BCUT2D eigenvalue weighted by Crippen LogP contribution is 2.31. The summed E-state index contributed by atoms with van der Waals surface area (Å²) in [5.74, 6) is 0.528. The molecule has 2 heterocycles. The van der Waals surface area contributed by atoms with Crippen LogP contribution in [0.25, 0.3) is 10.2 Å². The normalized spacial score (nSPS) is 15.0. The summed E-state index contributed by atoms with van der Waals surface area (Å²) in [7, 11) is 1.62. The molecule has 146 valence electrons. The third-order valence-electron chi connectivity index (χ3n) is 4.90. The van der Waals surface area contributed by atoms with Crippen molar-refractivity contribution >= 4 is 27.5 Å². The molecule has 0 N–H and O–H groups in total. The van der Waals surface area contributed by atoms with Gasteiger partial charge in [0.05, 0.1) is 18.2 Å². The van der Waals surface area contributed by atoms with E-state index in [9.17, 15) is 9.18 Å². The fraction of sp³-hybridized carbons (Fsp3) is 0.333. The third kappa shape index (κ3) is 4.09. The minimum absolute atomic E-state index is 0.00973. The lowest BCUT2D eigenvalue weighted by Crippen LogP contribution is -2.42. The number of carbonyl (C=O) groups is 1. The Morgan fingerprint density at radius 2 is 2.04 bits per heavy atom. The number of aromatic nitrogens is 1. The molecule has 3 aromatic rings. The first-order valence-electron chi connectivity index (χ1n) is 9.25. The quantitative estimate of drug-likeness (QED) is 0.648. The van der Waals surface area contributed by atoms with E-state index in [0.717, 1.165) is 28.9 Å². The average molecular weight is 400 g/mol. The number of thiazole rings is 1. The van der Waals surface area contributed by atoms with E-state index in [2.05, 4.69) is 4.98 Å². The van der Waals surface area contributed by atoms with Gasteiger partial charge in [0.25, 0.3) is 5.19 Å². The largest absolute Gasteiger partial charge is 0.497 e. The van der Waals surface area contributed by atoms with Gasteiger partial charge >= 0.3 is 0 Å². The van der Waals surface area contributed by atoms with Crippen molar-refractivity contribution in [1.82, 2.24) is 9.88 Å². The summed E-state index contributed by atoms with van der Waals surface area (Å²) in [5.41, 5.74) is 1.30. The van der Waals surface area contributed by atoms with Gasteiger partial charge in [0, 0.05) is 25.9 Å². The second-order valence-corrected chi connectivity index (χ2v) is 7.79. The summed E-state index contributed by atoms with van der Waals surface area (Å²) in [6, 6.07) is 12.5. The number of amides is 1. The van der Waals surface area contributed by atoms with Crippen molar-refractivity contribution in [3.63, 3.8) is 0 Å². The fourth-order valence-corrected chi connectivity index (χ4v) is 4.28. The number of halogens is 1. The zero-order chi connectivity index (χ0) is 19.5. The van der Waals surface area contributed by atoms with Gasteiger partial charge in [-0.3, -0.25) is 4.79 Å². The molecule has 0 saturated carbocycles. The van der Waals surface area contributed by atoms with Crippen LogP contribution in [0.3, 0.4) is 0 Å². The number of likely N-dealkylation sites (tertiary alicyclic amines) is 1. The van der Waals surface area contributed by atoms with E-state index in [1.54, 1.807) is 13.2 Å². The lowest BCUT2D eigenvalue weighted by atomic mass is 10.1. The SMILES string of the molecule is COc1cccc(CC(=O)N2CCC(Oc3nc4c(F)cccc4s3)CC2)c1. The molecule has 2 aromatic carbocycles. The first-order valence-corrected chi connectivity index (χ1v) is 10.1. The van der Waals surface area contributed by atoms with Crippen LogP contribution in [0.15, 0.2) is 42.5 Å². The highest BCUT2D eigenvalue weighted by Gasteiger charge is 2.25. The summed E-state index contributed by atoms with van der Waals surface area (Å²) in [6.45, 7) is 1.29. The number of nitrogens with zero attached hydrogens (tertiary/aromatic N) is 2. The molecule has 0 bridgehead atoms. The highest BCUT2D eigenvalue weighted by atomic mass is 32.1. The minimum Gasteiger partial charge on any atom is -0.497 e. The zero-order valence-corrected chi connectivity index (χ0v) is 16.4. The Bertz CT molecular complexity index is 983. The van der Waals surface area contributed by atoms with Crippen LogP contribution in [0.1, 0.15) is 18.4 Å². The number of para-hydroxylation sites is 1. The number of hydrogen-bond acceptors (Lipinski definition) is 5. The number of piperidine rings is 1. The van der Waals surface area contributed by atoms with Crippen molar-refractivity contribution in [3.8, 4) is 10.9 Å². The molecule has 1 fully saturated rings. The summed E-state index contributed by atoms with van der Waals surface area (Å²) >= 11 is 1.35. The number of rotatable bonds is 5. The Labute approximate surface area is 166 Å². The molecule has 4 rings (SSSR count). The zero-order valence-electron chi connectivity index (χ0n) is 15.6. The Morgan fingerprint density at radius 3 is 2.79 bits per heavy atom. The van der Waals surface area contributed by atoms with Gasteiger partial charge in [-0.1, -0.05) is 29.5 Å². The van der Waals surface area contributed by atoms with E-state index < -0.39 is 0 Å². The van der Waals surface area contributed by atoms with Crippen LogP contribution in [-0.4, -0.2) is 42.1 Å². The van der Waals surface area contributed by atoms with Gasteiger partial charge < -0.3 is 14.4 Å². The van der Waals surface area contributed by atoms with Crippen molar-refractivity contribution in [2.24, 2.45) is 0 Å². The fourth-order valence-electron chi connectivity index (χ4n) is 3.38. The number of methoxy groups -OCH3 is 1. The van der Waals surface area contributed by atoms with Gasteiger partial charge in [-0.05, 0) is 29.8 Å². The van der Waals surface area contributed by atoms with E-state index >= 15 is 0 Å². The molecular formula is C21H21FN2O3S. The lowest BCUT2D eigenvalue weighted by Gasteiger charge is -2.31. The minimum atomic E-state index is -0.332. The Morgan fingerprint density at radius 1 is 1.25 bits per heavy atom. The van der Waals surface area contributed by atoms with E-state index in [1.165, 1.54) is 17.4 Å². The molecule has 1 amide bonds. The van der Waals surface area contributed by atoms with E-state index in [-0.39, 0.29) is 17.8 Å². The molecule has 0 aliphatic carbocycles. The van der Waals surface area contributed by atoms with Crippen LogP contribution >= 0.6 is 11.3 Å². The predicted molar refractivity (Wildman–Crippen MR) is 107 cm³/mol. The van der Waals surface area contributed by atoms with Crippen LogP contribution < -0.4 is 9.47 Å². The number of carbonyl (C=O) groups excluding carboxylic acids is 1. The Hall–Kier alpha value is -2.67. The lowest BCUT2D eigenvalue weighted by molar-refractivity contribution is -0.132. The summed E-state index contributed by atoms with van der Waals surface area (Å²) in [5, 5.41) is 0.487. The highest BCUT2D eigenvalue weighted by molar-refractivity contribution is 7.20. The molecule has 0 atom stereocenters. The molecule has 1 aliphatic heterocycles. The number of fused-ring (bicyclic) bond motifs is 1. The summed E-state index contributed by atoms with van der Waals surface area (Å²) in [6.07, 6.45) is 1.83. The Balaban J connectivity index is 1.32. The molecule has 0 spiro atoms. The standard InChI is InChI=1S/C21H21FN2O3S/c1-26-16-5-2-4-14(12-16)13-19(25)24-10-8-15(9-11-24)27-21-23-20-17(22)6-3-7-18(20)28-21/h2-7,12,15H,8-11,13H2,1H3. The summed E-state index contributed by atoms with van der Waals surface area (Å²) in [4.78, 5) is 18.7. The monoisotopic (exact) mass is 400 g/mol. The van der Waals surface area contributed by atoms with Gasteiger partial charge in [0.1, 0.15) is 23.2 Å².